The Morgan fingerprint density at radius 3 is 2.47 bits per heavy atom. The minimum absolute atomic E-state index is 0.0761. The molecule has 1 saturated heterocycles. The highest BCUT2D eigenvalue weighted by Gasteiger charge is 2.34. The van der Waals surface area contributed by atoms with E-state index in [0.717, 1.165) is 6.42 Å². The summed E-state index contributed by atoms with van der Waals surface area (Å²) >= 11 is 0. The fourth-order valence-electron chi connectivity index (χ4n) is 4.59. The number of benzene rings is 2. The second kappa shape index (κ2) is 9.31. The van der Waals surface area contributed by atoms with Crippen LogP contribution in [0.1, 0.15) is 49.0 Å². The molecule has 0 radical (unpaired) electrons. The normalized spacial score (nSPS) is 16.2. The van der Waals surface area contributed by atoms with E-state index >= 15 is 0 Å². The Hall–Kier alpha value is -3.04. The molecule has 0 spiro atoms. The summed E-state index contributed by atoms with van der Waals surface area (Å²) in [6.45, 7) is 5.17. The fraction of sp³-hybridized carbons (Fsp3) is 0.400. The number of nitrogens with zero attached hydrogens (tertiary/aromatic N) is 3. The number of sulfone groups is 1. The number of carbonyl (C=O) groups is 1. The summed E-state index contributed by atoms with van der Waals surface area (Å²) in [7, 11) is -3.71. The summed E-state index contributed by atoms with van der Waals surface area (Å²) < 4.78 is 26.2. The summed E-state index contributed by atoms with van der Waals surface area (Å²) in [5, 5.41) is 10.7. The van der Waals surface area contributed by atoms with Crippen molar-refractivity contribution in [3.63, 3.8) is 0 Å². The lowest BCUT2D eigenvalue weighted by molar-refractivity contribution is -0.0311. The zero-order valence-corrected chi connectivity index (χ0v) is 20.3. The zero-order valence-electron chi connectivity index (χ0n) is 19.4. The molecular weight excluding hydrogens is 452 g/mol. The number of para-hydroxylation sites is 1. The van der Waals surface area contributed by atoms with Crippen LogP contribution in [0.5, 0.6) is 0 Å². The fourth-order valence-corrected chi connectivity index (χ4v) is 6.10. The highest BCUT2D eigenvalue weighted by Crippen LogP contribution is 2.30. The first-order valence-electron chi connectivity index (χ1n) is 11.4. The van der Waals surface area contributed by atoms with Gasteiger partial charge in [-0.2, -0.15) is 0 Å². The number of piperidine rings is 1. The lowest BCUT2D eigenvalue weighted by atomic mass is 9.84. The minimum Gasteiger partial charge on any atom is -0.390 e. The third kappa shape index (κ3) is 5.20. The molecular formula is C25H30N4O4S. The molecule has 0 aliphatic carbocycles. The van der Waals surface area contributed by atoms with Gasteiger partial charge in [-0.25, -0.2) is 13.4 Å². The zero-order chi connectivity index (χ0) is 24.5. The Morgan fingerprint density at radius 2 is 1.82 bits per heavy atom. The van der Waals surface area contributed by atoms with E-state index in [0.29, 0.717) is 48.5 Å². The predicted molar refractivity (Wildman–Crippen MR) is 131 cm³/mol. The van der Waals surface area contributed by atoms with Crippen LogP contribution in [-0.2, 0) is 15.6 Å². The van der Waals surface area contributed by atoms with Gasteiger partial charge in [0.05, 0.1) is 28.0 Å². The largest absolute Gasteiger partial charge is 0.390 e. The summed E-state index contributed by atoms with van der Waals surface area (Å²) in [5.41, 5.74) is 6.77. The van der Waals surface area contributed by atoms with E-state index in [1.54, 1.807) is 41.3 Å². The molecule has 3 aromatic rings. The van der Waals surface area contributed by atoms with Crippen LogP contribution in [0.4, 0.5) is 5.82 Å². The SMILES string of the molecule is CC(C)CC1(O)CCN(C(=O)c2ccc(CS(=O)(=O)c3cccc4ncc(N)nc34)cc2)CC1. The molecule has 34 heavy (non-hydrogen) atoms. The molecule has 2 heterocycles. The first-order valence-corrected chi connectivity index (χ1v) is 13.1. The van der Waals surface area contributed by atoms with Gasteiger partial charge in [0.25, 0.3) is 5.91 Å². The average molecular weight is 483 g/mol. The van der Waals surface area contributed by atoms with E-state index in [2.05, 4.69) is 23.8 Å². The Morgan fingerprint density at radius 1 is 1.15 bits per heavy atom. The van der Waals surface area contributed by atoms with E-state index in [-0.39, 0.29) is 27.9 Å². The van der Waals surface area contributed by atoms with Crippen LogP contribution in [0, 0.1) is 5.92 Å². The maximum absolute atomic E-state index is 13.1. The molecule has 0 atom stereocenters. The minimum atomic E-state index is -3.71. The van der Waals surface area contributed by atoms with Gasteiger partial charge in [-0.05, 0) is 55.0 Å². The van der Waals surface area contributed by atoms with Crippen LogP contribution in [0.2, 0.25) is 0 Å². The van der Waals surface area contributed by atoms with Gasteiger partial charge in [0.15, 0.2) is 9.84 Å². The molecule has 2 aromatic carbocycles. The van der Waals surface area contributed by atoms with E-state index in [1.807, 2.05) is 0 Å². The van der Waals surface area contributed by atoms with Crippen molar-refractivity contribution in [1.82, 2.24) is 14.9 Å². The van der Waals surface area contributed by atoms with Crippen LogP contribution in [0.15, 0.2) is 53.6 Å². The topological polar surface area (TPSA) is 126 Å². The van der Waals surface area contributed by atoms with Gasteiger partial charge in [0.2, 0.25) is 0 Å². The van der Waals surface area contributed by atoms with Crippen molar-refractivity contribution >= 4 is 32.6 Å². The maximum atomic E-state index is 13.1. The highest BCUT2D eigenvalue weighted by atomic mass is 32.2. The number of carbonyl (C=O) groups excluding carboxylic acids is 1. The number of likely N-dealkylation sites (tertiary alicyclic amines) is 1. The number of anilines is 1. The van der Waals surface area contributed by atoms with Crippen LogP contribution >= 0.6 is 0 Å². The number of hydrogen-bond acceptors (Lipinski definition) is 7. The first-order chi connectivity index (χ1) is 16.1. The third-order valence-corrected chi connectivity index (χ3v) is 7.93. The van der Waals surface area contributed by atoms with Gasteiger partial charge in [0.1, 0.15) is 11.3 Å². The van der Waals surface area contributed by atoms with Crippen LogP contribution in [0.3, 0.4) is 0 Å². The molecule has 0 saturated carbocycles. The second-order valence-corrected chi connectivity index (χ2v) is 11.4. The molecule has 1 aromatic heterocycles. The van der Waals surface area contributed by atoms with E-state index in [9.17, 15) is 18.3 Å². The summed E-state index contributed by atoms with van der Waals surface area (Å²) in [6.07, 6.45) is 3.24. The monoisotopic (exact) mass is 482 g/mol. The van der Waals surface area contributed by atoms with Gasteiger partial charge in [-0.1, -0.05) is 32.0 Å². The van der Waals surface area contributed by atoms with Crippen molar-refractivity contribution in [2.45, 2.75) is 49.4 Å². The molecule has 4 rings (SSSR count). The number of nitrogens with two attached hydrogens (primary N) is 1. The Bertz CT molecular complexity index is 1300. The number of fused-ring (bicyclic) bond motifs is 1. The lowest BCUT2D eigenvalue weighted by Crippen LogP contribution is -2.47. The molecule has 9 heteroatoms. The molecule has 8 nitrogen and oxygen atoms in total. The molecule has 0 bridgehead atoms. The number of nitrogen functional groups attached to an aromatic ring is 1. The number of rotatable bonds is 6. The highest BCUT2D eigenvalue weighted by molar-refractivity contribution is 7.90. The molecule has 1 amide bonds. The summed E-state index contributed by atoms with van der Waals surface area (Å²) in [6, 6.07) is 11.4. The van der Waals surface area contributed by atoms with Crippen LogP contribution in [-0.4, -0.2) is 53.0 Å². The Balaban J connectivity index is 1.46. The summed E-state index contributed by atoms with van der Waals surface area (Å²) in [5.74, 6) is 0.205. The van der Waals surface area contributed by atoms with Gasteiger partial charge < -0.3 is 15.7 Å². The van der Waals surface area contributed by atoms with Crippen LogP contribution in [0.25, 0.3) is 11.0 Å². The van der Waals surface area contributed by atoms with Gasteiger partial charge in [-0.15, -0.1) is 0 Å². The molecule has 1 aliphatic heterocycles. The van der Waals surface area contributed by atoms with Crippen molar-refractivity contribution in [3.05, 3.63) is 59.8 Å². The van der Waals surface area contributed by atoms with Gasteiger partial charge in [0, 0.05) is 18.7 Å². The van der Waals surface area contributed by atoms with Crippen molar-refractivity contribution in [1.29, 1.82) is 0 Å². The smallest absolute Gasteiger partial charge is 0.253 e. The quantitative estimate of drug-likeness (QED) is 0.552. The average Bonchev–Trinajstić information content (AvgIpc) is 2.78. The summed E-state index contributed by atoms with van der Waals surface area (Å²) in [4.78, 5) is 23.1. The maximum Gasteiger partial charge on any atom is 0.253 e. The number of aromatic nitrogens is 2. The standard InChI is InChI=1S/C25H30N4O4S/c1-17(2)14-25(31)10-12-29(13-11-25)24(30)19-8-6-18(7-9-19)16-34(32,33)21-5-3-4-20-23(21)28-22(26)15-27-20/h3-9,15,17,31H,10-14,16H2,1-2H3,(H2,26,28). The Kier molecular flexibility index (Phi) is 6.60. The van der Waals surface area contributed by atoms with E-state index in [4.69, 9.17) is 5.73 Å². The molecule has 1 aliphatic rings. The van der Waals surface area contributed by atoms with Crippen molar-refractivity contribution in [2.75, 3.05) is 18.8 Å². The number of aliphatic hydroxyl groups is 1. The molecule has 3 N–H and O–H groups in total. The first kappa shape index (κ1) is 24.1. The molecule has 180 valence electrons. The molecule has 0 unspecified atom stereocenters. The van der Waals surface area contributed by atoms with Crippen molar-refractivity contribution in [3.8, 4) is 0 Å². The second-order valence-electron chi connectivity index (χ2n) is 9.49. The predicted octanol–water partition coefficient (Wildman–Crippen LogP) is 3.20. The molecule has 1 fully saturated rings. The number of hydrogen-bond donors (Lipinski definition) is 2. The van der Waals surface area contributed by atoms with E-state index in [1.165, 1.54) is 12.3 Å². The van der Waals surface area contributed by atoms with Crippen molar-refractivity contribution in [2.24, 2.45) is 5.92 Å². The van der Waals surface area contributed by atoms with Crippen LogP contribution < -0.4 is 5.73 Å². The van der Waals surface area contributed by atoms with E-state index < -0.39 is 15.4 Å². The lowest BCUT2D eigenvalue weighted by Gasteiger charge is -2.39. The van der Waals surface area contributed by atoms with Gasteiger partial charge >= 0.3 is 0 Å². The Labute approximate surface area is 199 Å². The third-order valence-electron chi connectivity index (χ3n) is 6.22. The van der Waals surface area contributed by atoms with Gasteiger partial charge in [-0.3, -0.25) is 9.78 Å². The number of amides is 1. The van der Waals surface area contributed by atoms with Crippen molar-refractivity contribution < 1.29 is 18.3 Å².